The Balaban J connectivity index is 2.15. The van der Waals surface area contributed by atoms with Gasteiger partial charge >= 0.3 is 0 Å². The molecule has 1 aliphatic heterocycles. The van der Waals surface area contributed by atoms with E-state index in [0.717, 1.165) is 25.7 Å². The summed E-state index contributed by atoms with van der Waals surface area (Å²) in [7, 11) is -3.66. The minimum atomic E-state index is -3.66. The van der Waals surface area contributed by atoms with E-state index < -0.39 is 10.0 Å². The van der Waals surface area contributed by atoms with Crippen LogP contribution in [0.1, 0.15) is 39.5 Å². The average molecular weight is 419 g/mol. The summed E-state index contributed by atoms with van der Waals surface area (Å²) in [4.78, 5) is 11.4. The second-order valence-electron chi connectivity index (χ2n) is 5.88. The number of amides is 1. The predicted molar refractivity (Wildman–Crippen MR) is 96.8 cm³/mol. The third-order valence-corrected chi connectivity index (χ3v) is 6.44. The van der Waals surface area contributed by atoms with Gasteiger partial charge < -0.3 is 10.1 Å². The molecule has 1 atom stereocenters. The summed E-state index contributed by atoms with van der Waals surface area (Å²) in [6.45, 7) is 4.50. The summed E-state index contributed by atoms with van der Waals surface area (Å²) in [5.41, 5.74) is 0.464. The number of hydrogen-bond acceptors (Lipinski definition) is 4. The number of sulfonamides is 1. The molecule has 2 N–H and O–H groups in total. The van der Waals surface area contributed by atoms with Gasteiger partial charge in [0.25, 0.3) is 5.91 Å². The van der Waals surface area contributed by atoms with E-state index in [1.807, 2.05) is 0 Å². The Labute approximate surface area is 151 Å². The topological polar surface area (TPSA) is 84.5 Å². The van der Waals surface area contributed by atoms with Crippen molar-refractivity contribution < 1.29 is 17.9 Å². The van der Waals surface area contributed by atoms with Gasteiger partial charge in [0.2, 0.25) is 10.0 Å². The lowest BCUT2D eigenvalue weighted by atomic mass is 10.00. The Hall–Kier alpha value is -1.12. The molecule has 0 unspecified atom stereocenters. The molecular weight excluding hydrogens is 396 g/mol. The van der Waals surface area contributed by atoms with E-state index in [9.17, 15) is 13.2 Å². The lowest BCUT2D eigenvalue weighted by Crippen LogP contribution is -2.30. The number of carbonyl (C=O) groups is 1. The van der Waals surface area contributed by atoms with Crippen molar-refractivity contribution >= 4 is 37.5 Å². The minimum Gasteiger partial charge on any atom is -0.482 e. The highest BCUT2D eigenvalue weighted by Gasteiger charge is 2.24. The Morgan fingerprint density at radius 1 is 1.38 bits per heavy atom. The van der Waals surface area contributed by atoms with E-state index in [0.29, 0.717) is 28.4 Å². The van der Waals surface area contributed by atoms with Crippen LogP contribution in [0, 0.1) is 5.92 Å². The van der Waals surface area contributed by atoms with Crippen molar-refractivity contribution in [2.75, 3.05) is 18.5 Å². The van der Waals surface area contributed by atoms with Crippen LogP contribution in [-0.4, -0.2) is 27.5 Å². The van der Waals surface area contributed by atoms with Crippen LogP contribution in [0.25, 0.3) is 0 Å². The molecule has 0 spiro atoms. The SMILES string of the molecule is CCCC[C@@H](CC)CNS(=O)(=O)c1cc2c(cc1Br)NC(=O)CO2. The molecule has 134 valence electrons. The average Bonchev–Trinajstić information content (AvgIpc) is 2.54. The predicted octanol–water partition coefficient (Wildman–Crippen LogP) is 3.27. The van der Waals surface area contributed by atoms with E-state index in [1.54, 1.807) is 6.07 Å². The van der Waals surface area contributed by atoms with E-state index in [2.05, 4.69) is 39.8 Å². The van der Waals surface area contributed by atoms with Crippen LogP contribution in [0.3, 0.4) is 0 Å². The summed E-state index contributed by atoms with van der Waals surface area (Å²) in [6, 6.07) is 2.99. The summed E-state index contributed by atoms with van der Waals surface area (Å²) in [6.07, 6.45) is 4.14. The second-order valence-corrected chi connectivity index (χ2v) is 8.47. The molecule has 0 bridgehead atoms. The maximum atomic E-state index is 12.6. The molecular formula is C16H23BrN2O4S. The first-order valence-corrected chi connectivity index (χ1v) is 10.4. The first-order valence-electron chi connectivity index (χ1n) is 8.13. The molecule has 1 aromatic carbocycles. The first kappa shape index (κ1) is 19.2. The fourth-order valence-corrected chi connectivity index (χ4v) is 4.71. The number of carbonyl (C=O) groups excluding carboxylic acids is 1. The van der Waals surface area contributed by atoms with Crippen molar-refractivity contribution in [2.24, 2.45) is 5.92 Å². The zero-order valence-corrected chi connectivity index (χ0v) is 16.3. The Morgan fingerprint density at radius 2 is 2.12 bits per heavy atom. The molecule has 1 aliphatic rings. The van der Waals surface area contributed by atoms with E-state index >= 15 is 0 Å². The molecule has 8 heteroatoms. The van der Waals surface area contributed by atoms with Crippen LogP contribution in [0.15, 0.2) is 21.5 Å². The Bertz CT molecular complexity index is 706. The molecule has 0 aliphatic carbocycles. The molecule has 1 aromatic rings. The summed E-state index contributed by atoms with van der Waals surface area (Å²) >= 11 is 3.27. The zero-order valence-electron chi connectivity index (χ0n) is 13.9. The maximum Gasteiger partial charge on any atom is 0.262 e. The lowest BCUT2D eigenvalue weighted by molar-refractivity contribution is -0.118. The van der Waals surface area contributed by atoms with Gasteiger partial charge in [0, 0.05) is 17.1 Å². The Morgan fingerprint density at radius 3 is 2.79 bits per heavy atom. The second kappa shape index (κ2) is 8.31. The third-order valence-electron chi connectivity index (χ3n) is 4.06. The van der Waals surface area contributed by atoms with Crippen LogP contribution in [0.2, 0.25) is 0 Å². The van der Waals surface area contributed by atoms with Crippen molar-refractivity contribution in [3.8, 4) is 5.75 Å². The summed E-state index contributed by atoms with van der Waals surface area (Å²) < 4.78 is 33.6. The van der Waals surface area contributed by atoms with Gasteiger partial charge in [0.15, 0.2) is 6.61 Å². The van der Waals surface area contributed by atoms with Gasteiger partial charge in [0.1, 0.15) is 5.75 Å². The number of halogens is 1. The summed E-state index contributed by atoms with van der Waals surface area (Å²) in [5, 5.41) is 2.65. The third kappa shape index (κ3) is 4.70. The van der Waals surface area contributed by atoms with Gasteiger partial charge in [-0.05, 0) is 34.3 Å². The van der Waals surface area contributed by atoms with Crippen molar-refractivity contribution in [1.29, 1.82) is 0 Å². The minimum absolute atomic E-state index is 0.114. The van der Waals surface area contributed by atoms with Gasteiger partial charge in [-0.15, -0.1) is 0 Å². The fourth-order valence-electron chi connectivity index (χ4n) is 2.54. The molecule has 0 aromatic heterocycles. The van der Waals surface area contributed by atoms with Gasteiger partial charge in [0.05, 0.1) is 10.6 Å². The van der Waals surface area contributed by atoms with Gasteiger partial charge in [-0.3, -0.25) is 4.79 Å². The van der Waals surface area contributed by atoms with E-state index in [1.165, 1.54) is 6.07 Å². The molecule has 0 saturated carbocycles. The fraction of sp³-hybridized carbons (Fsp3) is 0.562. The van der Waals surface area contributed by atoms with Crippen molar-refractivity contribution in [1.82, 2.24) is 4.72 Å². The number of unbranched alkanes of at least 4 members (excludes halogenated alkanes) is 1. The van der Waals surface area contributed by atoms with Gasteiger partial charge in [-0.2, -0.15) is 0 Å². The number of ether oxygens (including phenoxy) is 1. The number of benzene rings is 1. The Kier molecular flexibility index (Phi) is 6.65. The monoisotopic (exact) mass is 418 g/mol. The molecule has 24 heavy (non-hydrogen) atoms. The normalized spacial score (nSPS) is 15.4. The summed E-state index contributed by atoms with van der Waals surface area (Å²) in [5.74, 6) is 0.424. The molecule has 1 heterocycles. The van der Waals surface area contributed by atoms with Crippen LogP contribution < -0.4 is 14.8 Å². The van der Waals surface area contributed by atoms with E-state index in [4.69, 9.17) is 4.74 Å². The van der Waals surface area contributed by atoms with E-state index in [-0.39, 0.29) is 17.4 Å². The maximum absolute atomic E-state index is 12.6. The highest BCUT2D eigenvalue weighted by Crippen LogP contribution is 2.35. The van der Waals surface area contributed by atoms with Crippen LogP contribution in [-0.2, 0) is 14.8 Å². The molecule has 0 saturated heterocycles. The van der Waals surface area contributed by atoms with Crippen LogP contribution in [0.4, 0.5) is 5.69 Å². The molecule has 0 fully saturated rings. The van der Waals surface area contributed by atoms with Crippen molar-refractivity contribution in [3.63, 3.8) is 0 Å². The number of anilines is 1. The standard InChI is InChI=1S/C16H23BrN2O4S/c1-3-5-6-11(4-2)9-18-24(21,22)15-8-14-13(7-12(15)17)19-16(20)10-23-14/h7-8,11,18H,3-6,9-10H2,1-2H3,(H,19,20)/t11-/m1/s1. The first-order chi connectivity index (χ1) is 11.4. The van der Waals surface area contributed by atoms with Crippen LogP contribution in [0.5, 0.6) is 5.75 Å². The number of rotatable bonds is 8. The molecule has 0 radical (unpaired) electrons. The van der Waals surface area contributed by atoms with Gasteiger partial charge in [-0.1, -0.05) is 33.1 Å². The highest BCUT2D eigenvalue weighted by atomic mass is 79.9. The molecule has 2 rings (SSSR count). The van der Waals surface area contributed by atoms with Gasteiger partial charge in [-0.25, -0.2) is 13.1 Å². The van der Waals surface area contributed by atoms with Crippen LogP contribution >= 0.6 is 15.9 Å². The number of hydrogen-bond donors (Lipinski definition) is 2. The largest absolute Gasteiger partial charge is 0.482 e. The highest BCUT2D eigenvalue weighted by molar-refractivity contribution is 9.10. The molecule has 6 nitrogen and oxygen atoms in total. The van der Waals surface area contributed by atoms with Crippen molar-refractivity contribution in [3.05, 3.63) is 16.6 Å². The zero-order chi connectivity index (χ0) is 17.7. The number of nitrogens with one attached hydrogen (secondary N) is 2. The van der Waals surface area contributed by atoms with Crippen molar-refractivity contribution in [2.45, 2.75) is 44.4 Å². The quantitative estimate of drug-likeness (QED) is 0.678. The molecule has 1 amide bonds. The smallest absolute Gasteiger partial charge is 0.262 e. The lowest BCUT2D eigenvalue weighted by Gasteiger charge is -2.20. The number of fused-ring (bicyclic) bond motifs is 1.